The zero-order valence-electron chi connectivity index (χ0n) is 10.2. The van der Waals surface area contributed by atoms with Crippen molar-refractivity contribution in [3.63, 3.8) is 0 Å². The van der Waals surface area contributed by atoms with Gasteiger partial charge in [-0.1, -0.05) is 12.1 Å². The Kier molecular flexibility index (Phi) is 5.63. The molecule has 0 amide bonds. The summed E-state index contributed by atoms with van der Waals surface area (Å²) < 4.78 is 17.8. The van der Waals surface area contributed by atoms with E-state index in [0.717, 1.165) is 5.56 Å². The average molecular weight is 239 g/mol. The number of ether oxygens (including phenoxy) is 1. The van der Waals surface area contributed by atoms with Gasteiger partial charge in [-0.2, -0.15) is 0 Å². The van der Waals surface area contributed by atoms with Crippen molar-refractivity contribution in [3.8, 4) is 0 Å². The molecule has 94 valence electrons. The SMILES string of the molecule is CCOC(=O)CCNC(C)c1cccc(F)c1. The van der Waals surface area contributed by atoms with Gasteiger partial charge in [0.2, 0.25) is 0 Å². The van der Waals surface area contributed by atoms with E-state index in [1.54, 1.807) is 13.0 Å². The predicted octanol–water partition coefficient (Wildman–Crippen LogP) is 2.43. The molecule has 0 fully saturated rings. The third-order valence-electron chi connectivity index (χ3n) is 2.43. The van der Waals surface area contributed by atoms with Gasteiger partial charge in [-0.15, -0.1) is 0 Å². The quantitative estimate of drug-likeness (QED) is 0.775. The van der Waals surface area contributed by atoms with Gasteiger partial charge < -0.3 is 10.1 Å². The van der Waals surface area contributed by atoms with E-state index in [1.807, 2.05) is 13.0 Å². The maximum absolute atomic E-state index is 13.0. The lowest BCUT2D eigenvalue weighted by atomic mass is 10.1. The van der Waals surface area contributed by atoms with Crippen LogP contribution in [0, 0.1) is 5.82 Å². The molecule has 1 aromatic rings. The largest absolute Gasteiger partial charge is 0.466 e. The third-order valence-corrected chi connectivity index (χ3v) is 2.43. The summed E-state index contributed by atoms with van der Waals surface area (Å²) in [5.74, 6) is -0.465. The Bertz CT molecular complexity index is 368. The van der Waals surface area contributed by atoms with E-state index >= 15 is 0 Å². The van der Waals surface area contributed by atoms with Gasteiger partial charge >= 0.3 is 5.97 Å². The van der Waals surface area contributed by atoms with Gasteiger partial charge in [0.05, 0.1) is 13.0 Å². The van der Waals surface area contributed by atoms with Gasteiger partial charge in [0.25, 0.3) is 0 Å². The van der Waals surface area contributed by atoms with Crippen LogP contribution in [0.25, 0.3) is 0 Å². The van der Waals surface area contributed by atoms with E-state index in [1.165, 1.54) is 12.1 Å². The number of rotatable bonds is 6. The van der Waals surface area contributed by atoms with Crippen molar-refractivity contribution in [1.29, 1.82) is 0 Å². The summed E-state index contributed by atoms with van der Waals surface area (Å²) in [7, 11) is 0. The number of carbonyl (C=O) groups excluding carboxylic acids is 1. The number of hydrogen-bond donors (Lipinski definition) is 1. The van der Waals surface area contributed by atoms with Crippen LogP contribution in [0.5, 0.6) is 0 Å². The normalized spacial score (nSPS) is 12.2. The minimum atomic E-state index is -0.249. The van der Waals surface area contributed by atoms with Crippen LogP contribution in [-0.2, 0) is 9.53 Å². The molecular formula is C13H18FNO2. The number of esters is 1. The van der Waals surface area contributed by atoms with Crippen molar-refractivity contribution in [2.75, 3.05) is 13.2 Å². The van der Waals surface area contributed by atoms with E-state index in [2.05, 4.69) is 5.32 Å². The van der Waals surface area contributed by atoms with E-state index in [4.69, 9.17) is 4.74 Å². The third kappa shape index (κ3) is 4.95. The maximum atomic E-state index is 13.0. The molecule has 1 rings (SSSR count). The first kappa shape index (κ1) is 13.6. The van der Waals surface area contributed by atoms with Crippen LogP contribution >= 0.6 is 0 Å². The lowest BCUT2D eigenvalue weighted by Crippen LogP contribution is -2.22. The van der Waals surface area contributed by atoms with Crippen LogP contribution in [0.2, 0.25) is 0 Å². The number of halogens is 1. The summed E-state index contributed by atoms with van der Waals surface area (Å²) in [5.41, 5.74) is 0.869. The first-order valence-electron chi connectivity index (χ1n) is 5.78. The Labute approximate surface area is 101 Å². The highest BCUT2D eigenvalue weighted by Crippen LogP contribution is 2.13. The number of hydrogen-bond acceptors (Lipinski definition) is 3. The fourth-order valence-corrected chi connectivity index (χ4v) is 1.52. The maximum Gasteiger partial charge on any atom is 0.307 e. The molecule has 4 heteroatoms. The summed E-state index contributed by atoms with van der Waals surface area (Å²) in [4.78, 5) is 11.1. The molecule has 0 saturated heterocycles. The molecule has 0 aromatic heterocycles. The summed E-state index contributed by atoms with van der Waals surface area (Å²) in [6, 6.07) is 6.44. The van der Waals surface area contributed by atoms with E-state index in [0.29, 0.717) is 19.6 Å². The molecule has 0 bridgehead atoms. The lowest BCUT2D eigenvalue weighted by Gasteiger charge is -2.13. The van der Waals surface area contributed by atoms with Crippen molar-refractivity contribution < 1.29 is 13.9 Å². The van der Waals surface area contributed by atoms with Crippen molar-refractivity contribution >= 4 is 5.97 Å². The Balaban J connectivity index is 2.35. The van der Waals surface area contributed by atoms with E-state index < -0.39 is 0 Å². The summed E-state index contributed by atoms with van der Waals surface area (Å²) in [6.07, 6.45) is 0.327. The van der Waals surface area contributed by atoms with Crippen LogP contribution in [0.1, 0.15) is 31.9 Å². The zero-order valence-corrected chi connectivity index (χ0v) is 10.2. The van der Waals surface area contributed by atoms with Crippen LogP contribution in [-0.4, -0.2) is 19.1 Å². The molecule has 0 heterocycles. The predicted molar refractivity (Wildman–Crippen MR) is 64.1 cm³/mol. The Morgan fingerprint density at radius 3 is 2.94 bits per heavy atom. The molecule has 3 nitrogen and oxygen atoms in total. The van der Waals surface area contributed by atoms with Crippen LogP contribution < -0.4 is 5.32 Å². The first-order chi connectivity index (χ1) is 8.13. The molecule has 0 aliphatic carbocycles. The van der Waals surface area contributed by atoms with Crippen molar-refractivity contribution in [2.24, 2.45) is 0 Å². The number of nitrogens with one attached hydrogen (secondary N) is 1. The van der Waals surface area contributed by atoms with E-state index in [9.17, 15) is 9.18 Å². The monoisotopic (exact) mass is 239 g/mol. The van der Waals surface area contributed by atoms with Gasteiger partial charge in [-0.25, -0.2) is 4.39 Å². The highest BCUT2D eigenvalue weighted by Gasteiger charge is 2.07. The smallest absolute Gasteiger partial charge is 0.307 e. The molecule has 1 aromatic carbocycles. The molecule has 1 atom stereocenters. The van der Waals surface area contributed by atoms with E-state index in [-0.39, 0.29) is 17.8 Å². The highest BCUT2D eigenvalue weighted by atomic mass is 19.1. The van der Waals surface area contributed by atoms with Gasteiger partial charge in [0.1, 0.15) is 5.82 Å². The fourth-order valence-electron chi connectivity index (χ4n) is 1.52. The Hall–Kier alpha value is -1.42. The molecule has 0 saturated carbocycles. The van der Waals surface area contributed by atoms with Gasteiger partial charge in [0.15, 0.2) is 0 Å². The van der Waals surface area contributed by atoms with Crippen LogP contribution in [0.15, 0.2) is 24.3 Å². The summed E-state index contributed by atoms with van der Waals surface area (Å²) >= 11 is 0. The first-order valence-corrected chi connectivity index (χ1v) is 5.78. The van der Waals surface area contributed by atoms with Crippen LogP contribution in [0.3, 0.4) is 0 Å². The lowest BCUT2D eigenvalue weighted by molar-refractivity contribution is -0.143. The Morgan fingerprint density at radius 2 is 2.29 bits per heavy atom. The fraction of sp³-hybridized carbons (Fsp3) is 0.462. The van der Waals surface area contributed by atoms with Crippen molar-refractivity contribution in [2.45, 2.75) is 26.3 Å². The zero-order chi connectivity index (χ0) is 12.7. The molecule has 1 unspecified atom stereocenters. The van der Waals surface area contributed by atoms with Gasteiger partial charge in [0, 0.05) is 12.6 Å². The standard InChI is InChI=1S/C13H18FNO2/c1-3-17-13(16)7-8-15-10(2)11-5-4-6-12(14)9-11/h4-6,9-10,15H,3,7-8H2,1-2H3. The molecule has 1 N–H and O–H groups in total. The van der Waals surface area contributed by atoms with Gasteiger partial charge in [-0.05, 0) is 31.5 Å². The van der Waals surface area contributed by atoms with Crippen LogP contribution in [0.4, 0.5) is 4.39 Å². The Morgan fingerprint density at radius 1 is 1.53 bits per heavy atom. The van der Waals surface area contributed by atoms with Crippen molar-refractivity contribution in [3.05, 3.63) is 35.6 Å². The highest BCUT2D eigenvalue weighted by molar-refractivity contribution is 5.69. The molecule has 0 aliphatic rings. The average Bonchev–Trinajstić information content (AvgIpc) is 2.29. The summed E-state index contributed by atoms with van der Waals surface area (Å²) in [5, 5.41) is 3.15. The number of carbonyl (C=O) groups is 1. The topological polar surface area (TPSA) is 38.3 Å². The minimum Gasteiger partial charge on any atom is -0.466 e. The molecular weight excluding hydrogens is 221 g/mol. The molecule has 0 radical (unpaired) electrons. The second-order valence-electron chi connectivity index (χ2n) is 3.79. The second-order valence-corrected chi connectivity index (χ2v) is 3.79. The van der Waals surface area contributed by atoms with Gasteiger partial charge in [-0.3, -0.25) is 4.79 Å². The molecule has 0 aliphatic heterocycles. The minimum absolute atomic E-state index is 0.0140. The molecule has 0 spiro atoms. The number of benzene rings is 1. The molecule has 17 heavy (non-hydrogen) atoms. The summed E-state index contributed by atoms with van der Waals surface area (Å²) in [6.45, 7) is 4.63. The second kappa shape index (κ2) is 7.01. The van der Waals surface area contributed by atoms with Crippen molar-refractivity contribution in [1.82, 2.24) is 5.32 Å².